The Bertz CT molecular complexity index is 635. The van der Waals surface area contributed by atoms with Crippen LogP contribution in [0.4, 0.5) is 4.39 Å². The molecule has 1 nitrogen and oxygen atoms in total. The zero-order chi connectivity index (χ0) is 14.4. The molecule has 0 atom stereocenters. The maximum atomic E-state index is 13.8. The molecule has 0 aliphatic rings. The van der Waals surface area contributed by atoms with Gasteiger partial charge >= 0.3 is 0 Å². The van der Waals surface area contributed by atoms with Crippen LogP contribution in [-0.2, 0) is 6.42 Å². The molecule has 2 rings (SSSR count). The van der Waals surface area contributed by atoms with Crippen LogP contribution in [0.5, 0.6) is 0 Å². The molecular formula is C17H15ClFN. The molecule has 1 heterocycles. The number of hydrogen-bond donors (Lipinski definition) is 0. The lowest BCUT2D eigenvalue weighted by atomic mass is 10.1. The lowest BCUT2D eigenvalue weighted by Gasteiger charge is -2.05. The quantitative estimate of drug-likeness (QED) is 0.687. The Morgan fingerprint density at radius 2 is 2.10 bits per heavy atom. The standard InChI is InChI=1S/C17H15ClFN/c1-2-3-4-5-6-13-9-10-20-17(11-13)15-12-14(18)7-8-16(15)19/h2-4,7-12H,1,5-6H2. The van der Waals surface area contributed by atoms with Crippen molar-refractivity contribution in [3.63, 3.8) is 0 Å². The Labute approximate surface area is 123 Å². The van der Waals surface area contributed by atoms with Gasteiger partial charge in [0.2, 0.25) is 0 Å². The Balaban J connectivity index is 2.23. The summed E-state index contributed by atoms with van der Waals surface area (Å²) in [6.07, 6.45) is 9.20. The third-order valence-corrected chi connectivity index (χ3v) is 3.14. The van der Waals surface area contributed by atoms with Crippen molar-refractivity contribution in [2.75, 3.05) is 0 Å². The number of halogens is 2. The largest absolute Gasteiger partial charge is 0.256 e. The summed E-state index contributed by atoms with van der Waals surface area (Å²) in [4.78, 5) is 4.22. The summed E-state index contributed by atoms with van der Waals surface area (Å²) in [5.41, 5.74) is 2.15. The van der Waals surface area contributed by atoms with E-state index in [9.17, 15) is 4.39 Å². The average molecular weight is 288 g/mol. The molecule has 0 amide bonds. The average Bonchev–Trinajstić information content (AvgIpc) is 2.46. The van der Waals surface area contributed by atoms with E-state index in [0.29, 0.717) is 16.3 Å². The molecule has 0 saturated carbocycles. The first-order valence-corrected chi connectivity index (χ1v) is 6.76. The highest BCUT2D eigenvalue weighted by molar-refractivity contribution is 6.30. The van der Waals surface area contributed by atoms with E-state index >= 15 is 0 Å². The van der Waals surface area contributed by atoms with Gasteiger partial charge in [-0.1, -0.05) is 36.4 Å². The van der Waals surface area contributed by atoms with E-state index in [1.807, 2.05) is 24.3 Å². The predicted octanol–water partition coefficient (Wildman–Crippen LogP) is 5.22. The van der Waals surface area contributed by atoms with Crippen LogP contribution in [0.3, 0.4) is 0 Å². The van der Waals surface area contributed by atoms with Gasteiger partial charge in [0.25, 0.3) is 0 Å². The molecule has 3 heteroatoms. The van der Waals surface area contributed by atoms with E-state index in [1.165, 1.54) is 12.1 Å². The van der Waals surface area contributed by atoms with Gasteiger partial charge in [-0.05, 0) is 48.7 Å². The van der Waals surface area contributed by atoms with Crippen LogP contribution in [0.15, 0.2) is 61.3 Å². The molecule has 0 radical (unpaired) electrons. The maximum absolute atomic E-state index is 13.8. The molecule has 0 fully saturated rings. The molecule has 0 saturated heterocycles. The molecule has 0 aliphatic heterocycles. The minimum absolute atomic E-state index is 0.314. The van der Waals surface area contributed by atoms with E-state index in [-0.39, 0.29) is 5.82 Å². The Morgan fingerprint density at radius 3 is 2.90 bits per heavy atom. The van der Waals surface area contributed by atoms with Gasteiger partial charge in [-0.15, -0.1) is 0 Å². The lowest BCUT2D eigenvalue weighted by molar-refractivity contribution is 0.630. The molecule has 20 heavy (non-hydrogen) atoms. The molecule has 2 aromatic rings. The van der Waals surface area contributed by atoms with Crippen LogP contribution >= 0.6 is 11.6 Å². The summed E-state index contributed by atoms with van der Waals surface area (Å²) in [5.74, 6) is -0.314. The minimum atomic E-state index is -0.314. The second-order valence-corrected chi connectivity index (χ2v) is 4.81. The monoisotopic (exact) mass is 287 g/mol. The maximum Gasteiger partial charge on any atom is 0.132 e. The van der Waals surface area contributed by atoms with Gasteiger partial charge in [0.1, 0.15) is 5.82 Å². The normalized spacial score (nSPS) is 10.9. The zero-order valence-electron chi connectivity index (χ0n) is 11.0. The van der Waals surface area contributed by atoms with Crippen molar-refractivity contribution in [1.82, 2.24) is 4.98 Å². The number of allylic oxidation sites excluding steroid dienone is 3. The van der Waals surface area contributed by atoms with Crippen molar-refractivity contribution in [3.05, 3.63) is 77.7 Å². The zero-order valence-corrected chi connectivity index (χ0v) is 11.8. The van der Waals surface area contributed by atoms with Crippen LogP contribution in [0.1, 0.15) is 12.0 Å². The van der Waals surface area contributed by atoms with Crippen LogP contribution in [0, 0.1) is 5.82 Å². The van der Waals surface area contributed by atoms with Crippen LogP contribution in [0.2, 0.25) is 5.02 Å². The van der Waals surface area contributed by atoms with Gasteiger partial charge in [0, 0.05) is 16.8 Å². The van der Waals surface area contributed by atoms with E-state index < -0.39 is 0 Å². The Morgan fingerprint density at radius 1 is 1.25 bits per heavy atom. The van der Waals surface area contributed by atoms with E-state index in [0.717, 1.165) is 18.4 Å². The SMILES string of the molecule is C=CC=CCCc1ccnc(-c2cc(Cl)ccc2F)c1. The van der Waals surface area contributed by atoms with E-state index in [4.69, 9.17) is 11.6 Å². The van der Waals surface area contributed by atoms with Crippen LogP contribution < -0.4 is 0 Å². The third-order valence-electron chi connectivity index (χ3n) is 2.90. The Kier molecular flexibility index (Phi) is 5.08. The van der Waals surface area contributed by atoms with Crippen molar-refractivity contribution < 1.29 is 4.39 Å². The summed E-state index contributed by atoms with van der Waals surface area (Å²) in [6, 6.07) is 8.33. The van der Waals surface area contributed by atoms with Crippen LogP contribution in [0.25, 0.3) is 11.3 Å². The number of nitrogens with zero attached hydrogens (tertiary/aromatic N) is 1. The fraction of sp³-hybridized carbons (Fsp3) is 0.118. The molecule has 0 aliphatic carbocycles. The van der Waals surface area contributed by atoms with Gasteiger partial charge < -0.3 is 0 Å². The van der Waals surface area contributed by atoms with Crippen molar-refractivity contribution in [3.8, 4) is 11.3 Å². The Hall–Kier alpha value is -1.93. The summed E-state index contributed by atoms with van der Waals surface area (Å²) in [5, 5.41) is 0.502. The first-order valence-electron chi connectivity index (χ1n) is 6.38. The summed E-state index contributed by atoms with van der Waals surface area (Å²) < 4.78 is 13.8. The van der Waals surface area contributed by atoms with E-state index in [2.05, 4.69) is 11.6 Å². The van der Waals surface area contributed by atoms with Gasteiger partial charge in [-0.2, -0.15) is 0 Å². The predicted molar refractivity (Wildman–Crippen MR) is 82.3 cm³/mol. The van der Waals surface area contributed by atoms with Crippen molar-refractivity contribution in [1.29, 1.82) is 0 Å². The number of benzene rings is 1. The van der Waals surface area contributed by atoms with Crippen molar-refractivity contribution >= 4 is 11.6 Å². The minimum Gasteiger partial charge on any atom is -0.256 e. The first kappa shape index (κ1) is 14.5. The molecule has 0 unspecified atom stereocenters. The summed E-state index contributed by atoms with van der Waals surface area (Å²) in [6.45, 7) is 3.63. The van der Waals surface area contributed by atoms with Gasteiger partial charge in [0.15, 0.2) is 0 Å². The van der Waals surface area contributed by atoms with Crippen LogP contribution in [-0.4, -0.2) is 4.98 Å². The van der Waals surface area contributed by atoms with Crippen molar-refractivity contribution in [2.24, 2.45) is 0 Å². The highest BCUT2D eigenvalue weighted by Gasteiger charge is 2.07. The molecule has 0 bridgehead atoms. The third kappa shape index (κ3) is 3.78. The van der Waals surface area contributed by atoms with Gasteiger partial charge in [-0.3, -0.25) is 4.98 Å². The van der Waals surface area contributed by atoms with Gasteiger partial charge in [0.05, 0.1) is 5.69 Å². The molecule has 102 valence electrons. The topological polar surface area (TPSA) is 12.9 Å². The second kappa shape index (κ2) is 7.01. The highest BCUT2D eigenvalue weighted by Crippen LogP contribution is 2.25. The summed E-state index contributed by atoms with van der Waals surface area (Å²) in [7, 11) is 0. The number of pyridine rings is 1. The fourth-order valence-corrected chi connectivity index (χ4v) is 2.09. The number of aromatic nitrogens is 1. The first-order chi connectivity index (χ1) is 9.70. The molecule has 0 spiro atoms. The number of rotatable bonds is 5. The highest BCUT2D eigenvalue weighted by atomic mass is 35.5. The summed E-state index contributed by atoms with van der Waals surface area (Å²) >= 11 is 5.91. The van der Waals surface area contributed by atoms with Crippen molar-refractivity contribution in [2.45, 2.75) is 12.8 Å². The lowest BCUT2D eigenvalue weighted by Crippen LogP contribution is -1.91. The number of aryl methyl sites for hydroxylation is 1. The van der Waals surface area contributed by atoms with E-state index in [1.54, 1.807) is 18.3 Å². The van der Waals surface area contributed by atoms with Gasteiger partial charge in [-0.25, -0.2) is 4.39 Å². The fourth-order valence-electron chi connectivity index (χ4n) is 1.91. The molecular weight excluding hydrogens is 273 g/mol. The molecule has 0 N–H and O–H groups in total. The number of hydrogen-bond acceptors (Lipinski definition) is 1. The molecule has 1 aromatic heterocycles. The molecule has 1 aromatic carbocycles. The second-order valence-electron chi connectivity index (χ2n) is 4.38. The smallest absolute Gasteiger partial charge is 0.132 e.